The second-order valence-electron chi connectivity index (χ2n) is 6.79. The Bertz CT molecular complexity index is 817. The zero-order valence-electron chi connectivity index (χ0n) is 14.6. The molecule has 4 rings (SSSR count). The van der Waals surface area contributed by atoms with Crippen molar-refractivity contribution in [2.24, 2.45) is 0 Å². The Balaban J connectivity index is 1.55. The molecule has 0 atom stereocenters. The summed E-state index contributed by atoms with van der Waals surface area (Å²) in [6.07, 6.45) is 7.00. The van der Waals surface area contributed by atoms with E-state index in [1.807, 2.05) is 18.7 Å². The van der Waals surface area contributed by atoms with Crippen LogP contribution in [-0.2, 0) is 12.8 Å². The molecule has 1 amide bonds. The fraction of sp³-hybridized carbons (Fsp3) is 0.500. The average Bonchev–Trinajstić information content (AvgIpc) is 3.43. The van der Waals surface area contributed by atoms with Gasteiger partial charge in [-0.25, -0.2) is 19.9 Å². The van der Waals surface area contributed by atoms with Gasteiger partial charge >= 0.3 is 0 Å². The molecule has 3 heterocycles. The van der Waals surface area contributed by atoms with Crippen LogP contribution in [0.15, 0.2) is 12.7 Å². The molecule has 2 aromatic heterocycles. The van der Waals surface area contributed by atoms with E-state index < -0.39 is 0 Å². The first-order chi connectivity index (χ1) is 12.1. The lowest BCUT2D eigenvalue weighted by Gasteiger charge is -2.20. The van der Waals surface area contributed by atoms with Crippen molar-refractivity contribution in [1.82, 2.24) is 24.8 Å². The van der Waals surface area contributed by atoms with E-state index in [1.165, 1.54) is 19.2 Å². The quantitative estimate of drug-likeness (QED) is 0.917. The molecule has 0 bridgehead atoms. The number of rotatable bonds is 3. The maximum Gasteiger partial charge on any atom is 0.272 e. The van der Waals surface area contributed by atoms with Crippen LogP contribution < -0.4 is 5.32 Å². The lowest BCUT2D eigenvalue weighted by Crippen LogP contribution is -2.34. The second kappa shape index (κ2) is 6.38. The van der Waals surface area contributed by atoms with Crippen LogP contribution in [0.4, 0.5) is 5.82 Å². The lowest BCUT2D eigenvalue weighted by atomic mass is 10.1. The van der Waals surface area contributed by atoms with Gasteiger partial charge in [0.05, 0.1) is 5.69 Å². The summed E-state index contributed by atoms with van der Waals surface area (Å²) in [7, 11) is 0. The summed E-state index contributed by atoms with van der Waals surface area (Å²) in [5.74, 6) is 0.913. The number of hydrogen-bond acceptors (Lipinski definition) is 6. The molecule has 0 radical (unpaired) electrons. The molecule has 7 nitrogen and oxygen atoms in total. The molecule has 1 fully saturated rings. The Kier molecular flexibility index (Phi) is 4.07. The van der Waals surface area contributed by atoms with Crippen LogP contribution in [0.2, 0.25) is 0 Å². The Morgan fingerprint density at radius 1 is 1.08 bits per heavy atom. The number of aryl methyl sites for hydroxylation is 1. The first kappa shape index (κ1) is 15.9. The molecule has 1 saturated carbocycles. The number of aromatic nitrogens is 4. The summed E-state index contributed by atoms with van der Waals surface area (Å²) < 4.78 is 0. The van der Waals surface area contributed by atoms with Crippen LogP contribution in [0.3, 0.4) is 0 Å². The molecule has 1 aliphatic heterocycles. The molecular formula is C18H22N6O. The van der Waals surface area contributed by atoms with Crippen LogP contribution in [-0.4, -0.2) is 49.9 Å². The first-order valence-corrected chi connectivity index (χ1v) is 8.80. The molecule has 130 valence electrons. The smallest absolute Gasteiger partial charge is 0.272 e. The molecule has 7 heteroatoms. The maximum absolute atomic E-state index is 12.9. The molecule has 0 spiro atoms. The fourth-order valence-electron chi connectivity index (χ4n) is 3.18. The third-order valence-corrected chi connectivity index (χ3v) is 5.03. The zero-order valence-corrected chi connectivity index (χ0v) is 14.6. The van der Waals surface area contributed by atoms with Crippen LogP contribution in [0.1, 0.15) is 45.8 Å². The normalized spacial score (nSPS) is 17.0. The Hall–Kier alpha value is -2.57. The predicted molar refractivity (Wildman–Crippen MR) is 93.5 cm³/mol. The van der Waals surface area contributed by atoms with Gasteiger partial charge in [0.2, 0.25) is 0 Å². The van der Waals surface area contributed by atoms with E-state index in [0.717, 1.165) is 41.2 Å². The highest BCUT2D eigenvalue weighted by atomic mass is 16.2. The standard InChI is InChI=1S/C18H22N6O/c1-11-12(2)19-9-21-16(11)18(25)24-7-5-14-15(6-8-24)20-10-22-17(14)23-13-3-4-13/h9-10,13H,3-8H2,1-2H3,(H,20,22,23). The number of carbonyl (C=O) groups excluding carboxylic acids is 1. The van der Waals surface area contributed by atoms with E-state index in [4.69, 9.17) is 0 Å². The summed E-state index contributed by atoms with van der Waals surface area (Å²) in [6.45, 7) is 5.10. The highest BCUT2D eigenvalue weighted by molar-refractivity contribution is 5.93. The van der Waals surface area contributed by atoms with Gasteiger partial charge in [-0.3, -0.25) is 4.79 Å². The van der Waals surface area contributed by atoms with Gasteiger partial charge < -0.3 is 10.2 Å². The van der Waals surface area contributed by atoms with E-state index >= 15 is 0 Å². The van der Waals surface area contributed by atoms with E-state index in [2.05, 4.69) is 25.3 Å². The fourth-order valence-corrected chi connectivity index (χ4v) is 3.18. The first-order valence-electron chi connectivity index (χ1n) is 8.80. The number of amides is 1. The van der Waals surface area contributed by atoms with Crippen LogP contribution in [0, 0.1) is 13.8 Å². The second-order valence-corrected chi connectivity index (χ2v) is 6.79. The van der Waals surface area contributed by atoms with Gasteiger partial charge in [-0.15, -0.1) is 0 Å². The van der Waals surface area contributed by atoms with Gasteiger partial charge in [0.25, 0.3) is 5.91 Å². The van der Waals surface area contributed by atoms with Gasteiger partial charge in [0.15, 0.2) is 0 Å². The summed E-state index contributed by atoms with van der Waals surface area (Å²) >= 11 is 0. The molecule has 0 saturated heterocycles. The minimum atomic E-state index is -0.0273. The van der Waals surface area contributed by atoms with E-state index in [0.29, 0.717) is 24.8 Å². The number of carbonyl (C=O) groups is 1. The molecule has 1 aliphatic carbocycles. The molecule has 2 aliphatic rings. The molecular weight excluding hydrogens is 316 g/mol. The minimum absolute atomic E-state index is 0.0273. The van der Waals surface area contributed by atoms with Crippen molar-refractivity contribution < 1.29 is 4.79 Å². The summed E-state index contributed by atoms with van der Waals surface area (Å²) in [5.41, 5.74) is 4.40. The number of fused-ring (bicyclic) bond motifs is 1. The van der Waals surface area contributed by atoms with Gasteiger partial charge in [-0.2, -0.15) is 0 Å². The Morgan fingerprint density at radius 2 is 1.84 bits per heavy atom. The van der Waals surface area contributed by atoms with Crippen LogP contribution >= 0.6 is 0 Å². The summed E-state index contributed by atoms with van der Waals surface area (Å²) in [6, 6.07) is 0.548. The van der Waals surface area contributed by atoms with Crippen molar-refractivity contribution in [1.29, 1.82) is 0 Å². The van der Waals surface area contributed by atoms with Gasteiger partial charge in [0, 0.05) is 42.4 Å². The van der Waals surface area contributed by atoms with Crippen molar-refractivity contribution in [2.75, 3.05) is 18.4 Å². The lowest BCUT2D eigenvalue weighted by molar-refractivity contribution is 0.0756. The Labute approximate surface area is 146 Å². The summed E-state index contributed by atoms with van der Waals surface area (Å²) in [5, 5.41) is 3.49. The molecule has 0 aromatic carbocycles. The minimum Gasteiger partial charge on any atom is -0.367 e. The van der Waals surface area contributed by atoms with Crippen molar-refractivity contribution in [3.05, 3.63) is 40.9 Å². The molecule has 2 aromatic rings. The maximum atomic E-state index is 12.9. The monoisotopic (exact) mass is 338 g/mol. The topological polar surface area (TPSA) is 83.9 Å². The molecule has 25 heavy (non-hydrogen) atoms. The number of nitrogens with zero attached hydrogens (tertiary/aromatic N) is 5. The van der Waals surface area contributed by atoms with Crippen LogP contribution in [0.25, 0.3) is 0 Å². The van der Waals surface area contributed by atoms with Gasteiger partial charge in [0.1, 0.15) is 24.2 Å². The molecule has 0 unspecified atom stereocenters. The van der Waals surface area contributed by atoms with Gasteiger partial charge in [-0.05, 0) is 33.1 Å². The Morgan fingerprint density at radius 3 is 2.64 bits per heavy atom. The SMILES string of the molecule is Cc1ncnc(C(=O)N2CCc3ncnc(NC4CC4)c3CC2)c1C. The molecule has 1 N–H and O–H groups in total. The van der Waals surface area contributed by atoms with E-state index in [-0.39, 0.29) is 5.91 Å². The summed E-state index contributed by atoms with van der Waals surface area (Å²) in [4.78, 5) is 32.0. The van der Waals surface area contributed by atoms with Crippen molar-refractivity contribution in [3.63, 3.8) is 0 Å². The highest BCUT2D eigenvalue weighted by Gasteiger charge is 2.27. The third-order valence-electron chi connectivity index (χ3n) is 5.03. The third kappa shape index (κ3) is 3.18. The predicted octanol–water partition coefficient (Wildman–Crippen LogP) is 1.70. The zero-order chi connectivity index (χ0) is 17.4. The van der Waals surface area contributed by atoms with Crippen molar-refractivity contribution >= 4 is 11.7 Å². The number of anilines is 1. The average molecular weight is 338 g/mol. The van der Waals surface area contributed by atoms with Crippen LogP contribution in [0.5, 0.6) is 0 Å². The number of nitrogens with one attached hydrogen (secondary N) is 1. The number of hydrogen-bond donors (Lipinski definition) is 1. The van der Waals surface area contributed by atoms with E-state index in [9.17, 15) is 4.79 Å². The van der Waals surface area contributed by atoms with Crippen molar-refractivity contribution in [3.8, 4) is 0 Å². The highest BCUT2D eigenvalue weighted by Crippen LogP contribution is 2.28. The van der Waals surface area contributed by atoms with Gasteiger partial charge in [-0.1, -0.05) is 0 Å². The van der Waals surface area contributed by atoms with Crippen molar-refractivity contribution in [2.45, 2.75) is 45.6 Å². The van der Waals surface area contributed by atoms with E-state index in [1.54, 1.807) is 6.33 Å². The largest absolute Gasteiger partial charge is 0.367 e.